The summed E-state index contributed by atoms with van der Waals surface area (Å²) in [7, 11) is 0. The summed E-state index contributed by atoms with van der Waals surface area (Å²) in [5.74, 6) is 1.21. The van der Waals surface area contributed by atoms with Crippen molar-refractivity contribution in [1.82, 2.24) is 9.97 Å². The third kappa shape index (κ3) is 3.84. The molecule has 3 heterocycles. The molecular formula is C25H21N3O3S. The van der Waals surface area contributed by atoms with Crippen molar-refractivity contribution in [3.05, 3.63) is 63.1 Å². The molecular weight excluding hydrogens is 422 g/mol. The summed E-state index contributed by atoms with van der Waals surface area (Å²) in [6.07, 6.45) is 10.6. The van der Waals surface area contributed by atoms with Crippen molar-refractivity contribution in [2.45, 2.75) is 38.1 Å². The molecule has 32 heavy (non-hydrogen) atoms. The van der Waals surface area contributed by atoms with E-state index in [2.05, 4.69) is 20.7 Å². The van der Waals surface area contributed by atoms with Crippen molar-refractivity contribution in [3.63, 3.8) is 0 Å². The summed E-state index contributed by atoms with van der Waals surface area (Å²) >= 11 is 1.64. The lowest BCUT2D eigenvalue weighted by atomic mass is 10.0. The fourth-order valence-corrected chi connectivity index (χ4v) is 4.77. The molecule has 2 fully saturated rings. The topological polar surface area (TPSA) is 85.1 Å². The number of hydrogen-bond donors (Lipinski definition) is 1. The predicted molar refractivity (Wildman–Crippen MR) is 127 cm³/mol. The Kier molecular flexibility index (Phi) is 4.64. The molecule has 0 aliphatic heterocycles. The lowest BCUT2D eigenvalue weighted by Gasteiger charge is -2.03. The standard InChI is InChI=1S/C25H21N3O3S/c29-20(10-15-1-2-15)19-11-17-9-14(4-8-21(17)31-25(19)30)3-5-16-12-32-23-22(16)26-13-27-24(23)28-18-6-7-18/h3-5,8-9,11-13,15,18H,1-2,6-7,10H2,(H,26,27,28)/b5-3+. The van der Waals surface area contributed by atoms with Crippen LogP contribution in [0.4, 0.5) is 5.82 Å². The molecule has 7 heteroatoms. The summed E-state index contributed by atoms with van der Waals surface area (Å²) < 4.78 is 6.47. The number of nitrogens with one attached hydrogen (secondary N) is 1. The Bertz CT molecular complexity index is 1440. The molecule has 6 rings (SSSR count). The summed E-state index contributed by atoms with van der Waals surface area (Å²) in [6, 6.07) is 7.82. The smallest absolute Gasteiger partial charge is 0.347 e. The van der Waals surface area contributed by atoms with E-state index in [4.69, 9.17) is 4.42 Å². The van der Waals surface area contributed by atoms with Crippen molar-refractivity contribution >= 4 is 56.3 Å². The van der Waals surface area contributed by atoms with Crippen LogP contribution in [0.1, 0.15) is 53.6 Å². The quantitative estimate of drug-likeness (QED) is 0.299. The molecule has 2 aliphatic carbocycles. The number of fused-ring (bicyclic) bond motifs is 2. The Balaban J connectivity index is 1.30. The second-order valence-corrected chi connectivity index (χ2v) is 9.54. The van der Waals surface area contributed by atoms with E-state index < -0.39 is 5.63 Å². The molecule has 6 nitrogen and oxygen atoms in total. The van der Waals surface area contributed by atoms with Crippen LogP contribution in [0.5, 0.6) is 0 Å². The van der Waals surface area contributed by atoms with Crippen LogP contribution in [0.15, 0.2) is 45.2 Å². The minimum absolute atomic E-state index is 0.121. The second kappa shape index (κ2) is 7.67. The van der Waals surface area contributed by atoms with Crippen LogP contribution in [-0.4, -0.2) is 21.8 Å². The minimum atomic E-state index is -0.550. The number of carbonyl (C=O) groups excluding carboxylic acids is 1. The molecule has 1 N–H and O–H groups in total. The van der Waals surface area contributed by atoms with Crippen molar-refractivity contribution in [1.29, 1.82) is 0 Å². The van der Waals surface area contributed by atoms with E-state index in [1.165, 1.54) is 12.8 Å². The molecule has 2 saturated carbocycles. The molecule has 0 atom stereocenters. The van der Waals surface area contributed by atoms with Gasteiger partial charge < -0.3 is 9.73 Å². The van der Waals surface area contributed by atoms with Gasteiger partial charge in [0.25, 0.3) is 0 Å². The van der Waals surface area contributed by atoms with E-state index in [-0.39, 0.29) is 11.3 Å². The van der Waals surface area contributed by atoms with Gasteiger partial charge in [-0.1, -0.05) is 18.2 Å². The number of hydrogen-bond acceptors (Lipinski definition) is 7. The van der Waals surface area contributed by atoms with Crippen LogP contribution < -0.4 is 10.9 Å². The van der Waals surface area contributed by atoms with Crippen molar-refractivity contribution in [2.24, 2.45) is 5.92 Å². The maximum Gasteiger partial charge on any atom is 0.347 e. The number of anilines is 1. The lowest BCUT2D eigenvalue weighted by molar-refractivity contribution is 0.0972. The highest BCUT2D eigenvalue weighted by molar-refractivity contribution is 7.18. The van der Waals surface area contributed by atoms with Gasteiger partial charge in [-0.25, -0.2) is 14.8 Å². The van der Waals surface area contributed by atoms with E-state index >= 15 is 0 Å². The van der Waals surface area contributed by atoms with E-state index in [9.17, 15) is 9.59 Å². The van der Waals surface area contributed by atoms with Gasteiger partial charge in [-0.05, 0) is 55.4 Å². The van der Waals surface area contributed by atoms with Crippen LogP contribution in [0, 0.1) is 5.92 Å². The Hall–Kier alpha value is -3.32. The van der Waals surface area contributed by atoms with Crippen LogP contribution in [0.2, 0.25) is 0 Å². The summed E-state index contributed by atoms with van der Waals surface area (Å²) in [6.45, 7) is 0. The average Bonchev–Trinajstić information content (AvgIpc) is 3.72. The number of ketones is 1. The number of carbonyl (C=O) groups is 1. The summed E-state index contributed by atoms with van der Waals surface area (Å²) in [5.41, 5.74) is 3.01. The zero-order chi connectivity index (χ0) is 21.7. The van der Waals surface area contributed by atoms with Crippen molar-refractivity contribution in [2.75, 3.05) is 5.32 Å². The third-order valence-corrected chi connectivity index (χ3v) is 6.98. The van der Waals surface area contributed by atoms with Crippen molar-refractivity contribution in [3.8, 4) is 0 Å². The SMILES string of the molecule is O=C(CC1CC1)c1cc2cc(/C=C/c3csc4c(NC5CC5)ncnc34)ccc2oc1=O. The third-order valence-electron chi connectivity index (χ3n) is 5.98. The van der Waals surface area contributed by atoms with Gasteiger partial charge in [0.2, 0.25) is 0 Å². The fourth-order valence-electron chi connectivity index (χ4n) is 3.83. The summed E-state index contributed by atoms with van der Waals surface area (Å²) in [5, 5.41) is 6.31. The Morgan fingerprint density at radius 3 is 2.84 bits per heavy atom. The van der Waals surface area contributed by atoms with E-state index in [0.29, 0.717) is 24.0 Å². The Labute approximate surface area is 188 Å². The van der Waals surface area contributed by atoms with Gasteiger partial charge in [-0.2, -0.15) is 0 Å². The van der Waals surface area contributed by atoms with Gasteiger partial charge >= 0.3 is 5.63 Å². The van der Waals surface area contributed by atoms with Crippen LogP contribution in [0.3, 0.4) is 0 Å². The Morgan fingerprint density at radius 2 is 2.03 bits per heavy atom. The number of aromatic nitrogens is 2. The zero-order valence-electron chi connectivity index (χ0n) is 17.3. The maximum atomic E-state index is 12.5. The predicted octanol–water partition coefficient (Wildman–Crippen LogP) is 5.53. The van der Waals surface area contributed by atoms with Crippen LogP contribution in [-0.2, 0) is 0 Å². The number of benzene rings is 1. The minimum Gasteiger partial charge on any atom is -0.422 e. The number of Topliss-reactive ketones (excluding diaryl/α,β-unsaturated/α-hetero) is 1. The molecule has 3 aromatic heterocycles. The number of nitrogens with zero attached hydrogens (tertiary/aromatic N) is 2. The molecule has 0 unspecified atom stereocenters. The highest BCUT2D eigenvalue weighted by Crippen LogP contribution is 2.34. The number of rotatable bonds is 7. The Morgan fingerprint density at radius 1 is 1.16 bits per heavy atom. The zero-order valence-corrected chi connectivity index (χ0v) is 18.2. The summed E-state index contributed by atoms with van der Waals surface area (Å²) in [4.78, 5) is 33.6. The first-order valence-corrected chi connectivity index (χ1v) is 11.8. The molecule has 160 valence electrons. The first-order valence-electron chi connectivity index (χ1n) is 10.9. The number of thiophene rings is 1. The molecule has 4 aromatic rings. The van der Waals surface area contributed by atoms with Gasteiger partial charge in [0.05, 0.1) is 10.2 Å². The highest BCUT2D eigenvalue weighted by atomic mass is 32.1. The molecule has 0 radical (unpaired) electrons. The largest absolute Gasteiger partial charge is 0.422 e. The first-order chi connectivity index (χ1) is 15.6. The van der Waals surface area contributed by atoms with Gasteiger partial charge in [-0.3, -0.25) is 4.79 Å². The van der Waals surface area contributed by atoms with Crippen LogP contribution >= 0.6 is 11.3 Å². The molecule has 0 spiro atoms. The molecule has 0 saturated heterocycles. The second-order valence-electron chi connectivity index (χ2n) is 8.66. The molecule has 0 amide bonds. The van der Waals surface area contributed by atoms with Crippen molar-refractivity contribution < 1.29 is 9.21 Å². The van der Waals surface area contributed by atoms with Gasteiger partial charge in [-0.15, -0.1) is 11.3 Å². The van der Waals surface area contributed by atoms with Crippen LogP contribution in [0.25, 0.3) is 33.3 Å². The first kappa shape index (κ1) is 19.4. The fraction of sp³-hybridized carbons (Fsp3) is 0.280. The lowest BCUT2D eigenvalue weighted by Crippen LogP contribution is -2.14. The van der Waals surface area contributed by atoms with Gasteiger partial charge in [0.1, 0.15) is 23.3 Å². The average molecular weight is 444 g/mol. The molecule has 1 aromatic carbocycles. The van der Waals surface area contributed by atoms with Gasteiger partial charge in [0.15, 0.2) is 5.78 Å². The molecule has 0 bridgehead atoms. The monoisotopic (exact) mass is 443 g/mol. The highest BCUT2D eigenvalue weighted by Gasteiger charge is 2.26. The van der Waals surface area contributed by atoms with E-state index in [1.54, 1.807) is 29.8 Å². The van der Waals surface area contributed by atoms with E-state index in [1.807, 2.05) is 24.3 Å². The van der Waals surface area contributed by atoms with Gasteiger partial charge in [0, 0.05) is 28.8 Å². The maximum absolute atomic E-state index is 12.5. The van der Waals surface area contributed by atoms with E-state index in [0.717, 1.165) is 45.4 Å². The molecule has 2 aliphatic rings. The normalized spacial score (nSPS) is 16.2.